The summed E-state index contributed by atoms with van der Waals surface area (Å²) in [6.45, 7) is 6.35. The Bertz CT molecular complexity index is 2700. The Morgan fingerprint density at radius 1 is 0.358 bits per heavy atom. The van der Waals surface area contributed by atoms with Crippen LogP contribution in [0.4, 0.5) is 0 Å². The van der Waals surface area contributed by atoms with E-state index in [2.05, 4.69) is 164 Å². The number of hydrogen-bond donors (Lipinski definition) is 2. The molecule has 9 rings (SSSR count). The van der Waals surface area contributed by atoms with E-state index >= 15 is 0 Å². The molecule has 5 heteroatoms. The van der Waals surface area contributed by atoms with Gasteiger partial charge in [0.2, 0.25) is 0 Å². The lowest BCUT2D eigenvalue weighted by atomic mass is 10.0. The van der Waals surface area contributed by atoms with E-state index in [1.807, 2.05) is 12.1 Å². The molecule has 0 saturated carbocycles. The molecule has 2 aliphatic heterocycles. The van der Waals surface area contributed by atoms with Gasteiger partial charge in [-0.1, -0.05) is 102 Å². The lowest BCUT2D eigenvalue weighted by molar-refractivity contribution is 0.415. The summed E-state index contributed by atoms with van der Waals surface area (Å²) in [6, 6.07) is 42.9. The van der Waals surface area contributed by atoms with Crippen LogP contribution in [-0.4, -0.2) is 27.0 Å². The summed E-state index contributed by atoms with van der Waals surface area (Å²) in [5, 5.41) is 0. The van der Waals surface area contributed by atoms with Crippen molar-refractivity contribution in [2.24, 2.45) is 0 Å². The van der Waals surface area contributed by atoms with Gasteiger partial charge in [0.05, 0.1) is 29.9 Å². The number of ether oxygens (including phenoxy) is 1. The van der Waals surface area contributed by atoms with Gasteiger partial charge in [-0.2, -0.15) is 0 Å². The summed E-state index contributed by atoms with van der Waals surface area (Å²) in [6.07, 6.45) is 8.55. The molecule has 5 heterocycles. The summed E-state index contributed by atoms with van der Waals surface area (Å²) < 4.78 is 5.53. The minimum atomic E-state index is 0.804. The third-order valence-corrected chi connectivity index (χ3v) is 10.2. The smallest absolute Gasteiger partial charge is 0.118 e. The molecule has 7 aromatic rings. The van der Waals surface area contributed by atoms with Crippen molar-refractivity contribution in [3.8, 4) is 50.3 Å². The van der Waals surface area contributed by atoms with Crippen LogP contribution in [0.15, 0.2) is 121 Å². The van der Waals surface area contributed by atoms with Crippen LogP contribution in [0, 0.1) is 20.8 Å². The van der Waals surface area contributed by atoms with Crippen LogP contribution in [0.2, 0.25) is 0 Å². The van der Waals surface area contributed by atoms with Crippen molar-refractivity contribution >= 4 is 46.4 Å². The summed E-state index contributed by atoms with van der Waals surface area (Å²) in [5.41, 5.74) is 19.5. The van der Waals surface area contributed by atoms with Crippen molar-refractivity contribution < 1.29 is 4.74 Å². The second-order valence-corrected chi connectivity index (χ2v) is 13.8. The minimum absolute atomic E-state index is 0.804. The average molecular weight is 687 g/mol. The first kappa shape index (κ1) is 32.2. The van der Waals surface area contributed by atoms with Gasteiger partial charge < -0.3 is 14.7 Å². The molecule has 5 nitrogen and oxygen atoms in total. The molecule has 3 aromatic heterocycles. The van der Waals surface area contributed by atoms with Crippen LogP contribution in [0.3, 0.4) is 0 Å². The van der Waals surface area contributed by atoms with Crippen LogP contribution in [0.5, 0.6) is 5.75 Å². The van der Waals surface area contributed by atoms with Crippen molar-refractivity contribution in [2.45, 2.75) is 20.8 Å². The Kier molecular flexibility index (Phi) is 7.97. The van der Waals surface area contributed by atoms with Gasteiger partial charge in [-0.3, -0.25) is 0 Å². The highest BCUT2D eigenvalue weighted by Gasteiger charge is 2.19. The van der Waals surface area contributed by atoms with E-state index in [9.17, 15) is 0 Å². The average Bonchev–Trinajstić information content (AvgIpc) is 4.02. The number of nitrogens with one attached hydrogen (secondary N) is 2. The Balaban J connectivity index is 1.46. The topological polar surface area (TPSA) is 66.6 Å². The number of aryl methyl sites for hydroxylation is 3. The first-order valence-electron chi connectivity index (χ1n) is 17.9. The lowest BCUT2D eigenvalue weighted by Gasteiger charge is -2.08. The molecule has 2 N–H and O–H groups in total. The molecule has 2 aliphatic rings. The molecule has 0 aliphatic carbocycles. The maximum atomic E-state index is 5.53. The second-order valence-electron chi connectivity index (χ2n) is 13.8. The fourth-order valence-corrected chi connectivity index (χ4v) is 7.34. The molecule has 0 atom stereocenters. The maximum Gasteiger partial charge on any atom is 0.118 e. The predicted molar refractivity (Wildman–Crippen MR) is 221 cm³/mol. The Hall–Kier alpha value is -6.72. The van der Waals surface area contributed by atoms with E-state index < -0.39 is 0 Å². The van der Waals surface area contributed by atoms with Crippen molar-refractivity contribution in [1.29, 1.82) is 0 Å². The predicted octanol–water partition coefficient (Wildman–Crippen LogP) is 12.3. The normalized spacial score (nSPS) is 12.0. The van der Waals surface area contributed by atoms with Crippen LogP contribution < -0.4 is 4.74 Å². The van der Waals surface area contributed by atoms with Gasteiger partial charge in [0.15, 0.2) is 0 Å². The van der Waals surface area contributed by atoms with Gasteiger partial charge in [0.1, 0.15) is 5.75 Å². The third kappa shape index (κ3) is 5.96. The maximum absolute atomic E-state index is 5.53. The number of fused-ring (bicyclic) bond motifs is 8. The number of methoxy groups -OCH3 is 1. The van der Waals surface area contributed by atoms with E-state index in [0.29, 0.717) is 0 Å². The first-order valence-corrected chi connectivity index (χ1v) is 17.9. The number of aromatic nitrogens is 4. The van der Waals surface area contributed by atoms with Gasteiger partial charge in [0, 0.05) is 44.3 Å². The number of rotatable bonds is 5. The zero-order chi connectivity index (χ0) is 36.1. The molecule has 4 aromatic carbocycles. The Morgan fingerprint density at radius 2 is 0.623 bits per heavy atom. The molecule has 8 bridgehead atoms. The van der Waals surface area contributed by atoms with E-state index in [-0.39, 0.29) is 0 Å². The van der Waals surface area contributed by atoms with Gasteiger partial charge >= 0.3 is 0 Å². The largest absolute Gasteiger partial charge is 0.497 e. The van der Waals surface area contributed by atoms with Crippen molar-refractivity contribution in [3.63, 3.8) is 0 Å². The molecule has 53 heavy (non-hydrogen) atoms. The minimum Gasteiger partial charge on any atom is -0.497 e. The fourth-order valence-electron chi connectivity index (χ4n) is 7.34. The summed E-state index contributed by atoms with van der Waals surface area (Å²) >= 11 is 0. The highest BCUT2D eigenvalue weighted by molar-refractivity contribution is 5.99. The van der Waals surface area contributed by atoms with Crippen molar-refractivity contribution in [2.75, 3.05) is 7.11 Å². The molecule has 0 radical (unpaired) electrons. The van der Waals surface area contributed by atoms with Crippen molar-refractivity contribution in [1.82, 2.24) is 19.9 Å². The molecule has 0 amide bonds. The fraction of sp³-hybridized carbons (Fsp3) is 0.0833. The SMILES string of the molecule is COc1ccc(-c2c3nc(c(-c4ccc(C)cc4)c4ccc([nH]4)c(-c4ccc(C)cc4)c4nc(c(-c5ccc(C)cc5)c5ccc2[nH]5)C=C4)C=C3)cc1. The highest BCUT2D eigenvalue weighted by atomic mass is 16.5. The van der Waals surface area contributed by atoms with Crippen LogP contribution >= 0.6 is 0 Å². The quantitative estimate of drug-likeness (QED) is 0.189. The van der Waals surface area contributed by atoms with Gasteiger partial charge in [0.25, 0.3) is 0 Å². The molecular formula is C48H38N4O. The standard InChI is InChI=1S/C48H38N4O/c1-29-5-11-32(12-6-29)45-37-21-23-39(49-37)46(33-13-7-30(2)8-14-33)41-25-27-43(51-41)48(35-17-19-36(53-4)20-18-35)44-28-26-42(52-44)47(40-24-22-38(45)50-40)34-15-9-31(3)10-16-34/h5-28,49,52H,1-4H3. The molecule has 256 valence electrons. The monoisotopic (exact) mass is 686 g/mol. The lowest BCUT2D eigenvalue weighted by Crippen LogP contribution is -1.90. The molecule has 0 spiro atoms. The van der Waals surface area contributed by atoms with Gasteiger partial charge in [-0.15, -0.1) is 0 Å². The van der Waals surface area contributed by atoms with Crippen LogP contribution in [-0.2, 0) is 0 Å². The molecule has 0 unspecified atom stereocenters. The third-order valence-electron chi connectivity index (χ3n) is 10.2. The molecule has 0 saturated heterocycles. The zero-order valence-electron chi connectivity index (χ0n) is 30.2. The number of nitrogens with zero attached hydrogens (tertiary/aromatic N) is 2. The number of aromatic amines is 2. The van der Waals surface area contributed by atoms with Crippen molar-refractivity contribution in [3.05, 3.63) is 161 Å². The summed E-state index contributed by atoms with van der Waals surface area (Å²) in [4.78, 5) is 18.5. The van der Waals surface area contributed by atoms with Gasteiger partial charge in [-0.25, -0.2) is 9.97 Å². The molecular weight excluding hydrogens is 649 g/mol. The summed E-state index contributed by atoms with van der Waals surface area (Å²) in [5.74, 6) is 0.804. The highest BCUT2D eigenvalue weighted by Crippen LogP contribution is 2.38. The molecule has 0 fully saturated rings. The van der Waals surface area contributed by atoms with E-state index in [1.165, 1.54) is 16.7 Å². The first-order chi connectivity index (χ1) is 25.9. The van der Waals surface area contributed by atoms with E-state index in [4.69, 9.17) is 14.7 Å². The van der Waals surface area contributed by atoms with E-state index in [0.717, 1.165) is 95.1 Å². The van der Waals surface area contributed by atoms with Crippen LogP contribution in [0.25, 0.3) is 90.9 Å². The van der Waals surface area contributed by atoms with Crippen LogP contribution in [0.1, 0.15) is 39.5 Å². The number of H-pyrrole nitrogens is 2. The number of hydrogen-bond acceptors (Lipinski definition) is 3. The summed E-state index contributed by atoms with van der Waals surface area (Å²) in [7, 11) is 1.69. The van der Waals surface area contributed by atoms with Gasteiger partial charge in [-0.05, 0) is 104 Å². The Morgan fingerprint density at radius 3 is 0.887 bits per heavy atom. The number of benzene rings is 4. The van der Waals surface area contributed by atoms with E-state index in [1.54, 1.807) is 7.11 Å². The Labute approximate surface area is 309 Å². The zero-order valence-corrected chi connectivity index (χ0v) is 30.2. The second kappa shape index (κ2) is 13.1.